The van der Waals surface area contributed by atoms with Gasteiger partial charge in [0.05, 0.1) is 6.61 Å². The van der Waals surface area contributed by atoms with E-state index in [1.165, 1.54) is 0 Å². The first-order valence-electron chi connectivity index (χ1n) is 8.13. The standard InChI is InChI=1S/C18H21N3O3/c1-2-23-15-5-3-4-6-16(15)24-17-10-7-13(11-19-17)12-20-18(22)21-14-8-9-14/h3-7,10-11,14H,2,8-9,12H2,1H3,(H2,20,21,22). The lowest BCUT2D eigenvalue weighted by atomic mass is 10.3. The monoisotopic (exact) mass is 327 g/mol. The Morgan fingerprint density at radius 2 is 2.00 bits per heavy atom. The Bertz CT molecular complexity index is 684. The fourth-order valence-corrected chi connectivity index (χ4v) is 2.14. The van der Waals surface area contributed by atoms with Gasteiger partial charge in [-0.1, -0.05) is 18.2 Å². The van der Waals surface area contributed by atoms with Crippen molar-refractivity contribution in [2.45, 2.75) is 32.4 Å². The molecule has 0 unspecified atom stereocenters. The van der Waals surface area contributed by atoms with Crippen LogP contribution in [0.15, 0.2) is 42.6 Å². The van der Waals surface area contributed by atoms with E-state index in [2.05, 4.69) is 15.6 Å². The minimum atomic E-state index is -0.136. The van der Waals surface area contributed by atoms with Crippen LogP contribution in [0.25, 0.3) is 0 Å². The lowest BCUT2D eigenvalue weighted by Crippen LogP contribution is -2.36. The summed E-state index contributed by atoms with van der Waals surface area (Å²) in [6.45, 7) is 2.93. The van der Waals surface area contributed by atoms with Crippen molar-refractivity contribution in [1.29, 1.82) is 0 Å². The molecule has 2 N–H and O–H groups in total. The molecule has 3 rings (SSSR count). The van der Waals surface area contributed by atoms with Crippen molar-refractivity contribution in [3.8, 4) is 17.4 Å². The molecule has 2 amide bonds. The number of hydrogen-bond acceptors (Lipinski definition) is 4. The number of ether oxygens (including phenoxy) is 2. The van der Waals surface area contributed by atoms with Crippen molar-refractivity contribution in [3.05, 3.63) is 48.2 Å². The van der Waals surface area contributed by atoms with Crippen LogP contribution >= 0.6 is 0 Å². The average molecular weight is 327 g/mol. The van der Waals surface area contributed by atoms with E-state index < -0.39 is 0 Å². The molecule has 0 bridgehead atoms. The quantitative estimate of drug-likeness (QED) is 0.819. The molecule has 1 aromatic heterocycles. The minimum absolute atomic E-state index is 0.136. The van der Waals surface area contributed by atoms with Crippen LogP contribution in [0.1, 0.15) is 25.3 Å². The average Bonchev–Trinajstić information content (AvgIpc) is 3.40. The number of para-hydroxylation sites is 2. The zero-order chi connectivity index (χ0) is 16.8. The van der Waals surface area contributed by atoms with Gasteiger partial charge in [-0.15, -0.1) is 0 Å². The Balaban J connectivity index is 1.55. The summed E-state index contributed by atoms with van der Waals surface area (Å²) in [5, 5.41) is 5.69. The molecule has 6 nitrogen and oxygen atoms in total. The van der Waals surface area contributed by atoms with Crippen molar-refractivity contribution in [2.75, 3.05) is 6.61 Å². The number of nitrogens with one attached hydrogen (secondary N) is 2. The van der Waals surface area contributed by atoms with Crippen LogP contribution in [0, 0.1) is 0 Å². The fourth-order valence-electron chi connectivity index (χ4n) is 2.14. The van der Waals surface area contributed by atoms with Crippen LogP contribution in [-0.4, -0.2) is 23.7 Å². The number of rotatable bonds is 7. The summed E-state index contributed by atoms with van der Waals surface area (Å²) in [6.07, 6.45) is 3.84. The second-order valence-electron chi connectivity index (χ2n) is 5.59. The van der Waals surface area contributed by atoms with E-state index in [0.717, 1.165) is 18.4 Å². The number of benzene rings is 1. The van der Waals surface area contributed by atoms with Crippen molar-refractivity contribution in [3.63, 3.8) is 0 Å². The number of carbonyl (C=O) groups is 1. The third kappa shape index (κ3) is 4.62. The maximum atomic E-state index is 11.6. The van der Waals surface area contributed by atoms with E-state index in [1.807, 2.05) is 37.3 Å². The normalized spacial score (nSPS) is 13.2. The molecule has 1 heterocycles. The Morgan fingerprint density at radius 1 is 1.21 bits per heavy atom. The first-order valence-corrected chi connectivity index (χ1v) is 8.13. The molecular weight excluding hydrogens is 306 g/mol. The first-order chi connectivity index (χ1) is 11.7. The topological polar surface area (TPSA) is 72.5 Å². The van der Waals surface area contributed by atoms with Gasteiger partial charge in [-0.3, -0.25) is 0 Å². The zero-order valence-electron chi connectivity index (χ0n) is 13.6. The highest BCUT2D eigenvalue weighted by atomic mass is 16.5. The third-order valence-electron chi connectivity index (χ3n) is 3.53. The molecule has 6 heteroatoms. The summed E-state index contributed by atoms with van der Waals surface area (Å²) in [7, 11) is 0. The maximum Gasteiger partial charge on any atom is 0.315 e. The SMILES string of the molecule is CCOc1ccccc1Oc1ccc(CNC(=O)NC2CC2)cn1. The van der Waals surface area contributed by atoms with Crippen LogP contribution in [0.2, 0.25) is 0 Å². The lowest BCUT2D eigenvalue weighted by molar-refractivity contribution is 0.240. The van der Waals surface area contributed by atoms with Gasteiger partial charge in [0.2, 0.25) is 5.88 Å². The predicted octanol–water partition coefficient (Wildman–Crippen LogP) is 3.23. The van der Waals surface area contributed by atoms with E-state index in [4.69, 9.17) is 9.47 Å². The smallest absolute Gasteiger partial charge is 0.315 e. The van der Waals surface area contributed by atoms with Crippen molar-refractivity contribution in [2.24, 2.45) is 0 Å². The lowest BCUT2D eigenvalue weighted by Gasteiger charge is -2.11. The van der Waals surface area contributed by atoms with Crippen LogP contribution in [0.4, 0.5) is 4.79 Å². The number of pyridine rings is 1. The van der Waals surface area contributed by atoms with E-state index in [-0.39, 0.29) is 6.03 Å². The zero-order valence-corrected chi connectivity index (χ0v) is 13.6. The van der Waals surface area contributed by atoms with Crippen LogP contribution in [-0.2, 0) is 6.54 Å². The Morgan fingerprint density at radius 3 is 2.67 bits per heavy atom. The summed E-state index contributed by atoms with van der Waals surface area (Å²) < 4.78 is 11.3. The largest absolute Gasteiger partial charge is 0.490 e. The minimum Gasteiger partial charge on any atom is -0.490 e. The first kappa shape index (κ1) is 16.1. The molecule has 0 spiro atoms. The van der Waals surface area contributed by atoms with Crippen LogP contribution in [0.5, 0.6) is 17.4 Å². The molecule has 2 aromatic rings. The van der Waals surface area contributed by atoms with Gasteiger partial charge in [-0.25, -0.2) is 9.78 Å². The third-order valence-corrected chi connectivity index (χ3v) is 3.53. The molecule has 24 heavy (non-hydrogen) atoms. The van der Waals surface area contributed by atoms with Gasteiger partial charge in [0.15, 0.2) is 11.5 Å². The molecule has 1 aliphatic rings. The highest BCUT2D eigenvalue weighted by molar-refractivity contribution is 5.74. The molecule has 0 atom stereocenters. The molecule has 0 aliphatic heterocycles. The number of urea groups is 1. The second kappa shape index (κ2) is 7.68. The number of amides is 2. The highest BCUT2D eigenvalue weighted by Crippen LogP contribution is 2.30. The van der Waals surface area contributed by atoms with Gasteiger partial charge in [-0.05, 0) is 37.5 Å². The molecule has 1 fully saturated rings. The molecule has 126 valence electrons. The second-order valence-corrected chi connectivity index (χ2v) is 5.59. The van der Waals surface area contributed by atoms with Gasteiger partial charge in [0, 0.05) is 24.8 Å². The summed E-state index contributed by atoms with van der Waals surface area (Å²) in [5.41, 5.74) is 0.909. The number of carbonyl (C=O) groups excluding carboxylic acids is 1. The van der Waals surface area contributed by atoms with Gasteiger partial charge in [-0.2, -0.15) is 0 Å². The fraction of sp³-hybridized carbons (Fsp3) is 0.333. The Kier molecular flexibility index (Phi) is 5.15. The van der Waals surface area contributed by atoms with Crippen molar-refractivity contribution >= 4 is 6.03 Å². The molecule has 1 aliphatic carbocycles. The van der Waals surface area contributed by atoms with Gasteiger partial charge >= 0.3 is 6.03 Å². The van der Waals surface area contributed by atoms with Crippen molar-refractivity contribution < 1.29 is 14.3 Å². The summed E-state index contributed by atoms with van der Waals surface area (Å²) in [6, 6.07) is 11.3. The van der Waals surface area contributed by atoms with Crippen molar-refractivity contribution in [1.82, 2.24) is 15.6 Å². The molecule has 0 radical (unpaired) electrons. The van der Waals surface area contributed by atoms with E-state index in [0.29, 0.717) is 36.6 Å². The maximum absolute atomic E-state index is 11.6. The van der Waals surface area contributed by atoms with E-state index in [9.17, 15) is 4.79 Å². The highest BCUT2D eigenvalue weighted by Gasteiger charge is 2.22. The molecule has 1 aromatic carbocycles. The summed E-state index contributed by atoms with van der Waals surface area (Å²) in [5.74, 6) is 1.79. The van der Waals surface area contributed by atoms with Gasteiger partial charge in [0.1, 0.15) is 0 Å². The van der Waals surface area contributed by atoms with Gasteiger partial charge in [0.25, 0.3) is 0 Å². The van der Waals surface area contributed by atoms with Crippen LogP contribution in [0.3, 0.4) is 0 Å². The van der Waals surface area contributed by atoms with E-state index in [1.54, 1.807) is 12.3 Å². The van der Waals surface area contributed by atoms with E-state index >= 15 is 0 Å². The van der Waals surface area contributed by atoms with Gasteiger partial charge < -0.3 is 20.1 Å². The number of aromatic nitrogens is 1. The summed E-state index contributed by atoms with van der Waals surface area (Å²) >= 11 is 0. The van der Waals surface area contributed by atoms with Crippen LogP contribution < -0.4 is 20.1 Å². The molecular formula is C18H21N3O3. The molecule has 0 saturated heterocycles. The Hall–Kier alpha value is -2.76. The number of nitrogens with zero attached hydrogens (tertiary/aromatic N) is 1. The Labute approximate surface area is 141 Å². The predicted molar refractivity (Wildman–Crippen MR) is 90.3 cm³/mol. The molecule has 1 saturated carbocycles. The summed E-state index contributed by atoms with van der Waals surface area (Å²) in [4.78, 5) is 15.9. The number of hydrogen-bond donors (Lipinski definition) is 2.